The number of carbonyl (C=O) groups is 1. The van der Waals surface area contributed by atoms with Crippen molar-refractivity contribution in [2.45, 2.75) is 32.1 Å². The van der Waals surface area contributed by atoms with Crippen LogP contribution in [0.2, 0.25) is 0 Å². The highest BCUT2D eigenvalue weighted by molar-refractivity contribution is 7.88. The molecule has 1 aliphatic rings. The Morgan fingerprint density at radius 1 is 1.13 bits per heavy atom. The van der Waals surface area contributed by atoms with Crippen LogP contribution in [0.25, 0.3) is 0 Å². The van der Waals surface area contributed by atoms with Crippen LogP contribution in [0.5, 0.6) is 0 Å². The molecule has 1 aromatic rings. The molecule has 0 unspecified atom stereocenters. The van der Waals surface area contributed by atoms with Gasteiger partial charge in [-0.2, -0.15) is 0 Å². The molecule has 0 aromatic heterocycles. The van der Waals surface area contributed by atoms with E-state index in [1.54, 1.807) is 0 Å². The van der Waals surface area contributed by atoms with Crippen molar-refractivity contribution < 1.29 is 13.2 Å². The number of hydrogen-bond acceptors (Lipinski definition) is 3. The fourth-order valence-corrected chi connectivity index (χ4v) is 3.78. The van der Waals surface area contributed by atoms with Gasteiger partial charge >= 0.3 is 0 Å². The molecule has 1 aliphatic heterocycles. The average Bonchev–Trinajstić information content (AvgIpc) is 3.04. The normalized spacial score (nSPS) is 15.3. The zero-order valence-electron chi connectivity index (χ0n) is 13.8. The average molecular weight is 338 g/mol. The highest BCUT2D eigenvalue weighted by atomic mass is 32.2. The molecule has 6 heteroatoms. The molecule has 0 bridgehead atoms. The van der Waals surface area contributed by atoms with Crippen LogP contribution in [0.15, 0.2) is 30.3 Å². The van der Waals surface area contributed by atoms with Crippen molar-refractivity contribution >= 4 is 15.9 Å². The highest BCUT2D eigenvalue weighted by Crippen LogP contribution is 2.11. The predicted octanol–water partition coefficient (Wildman–Crippen LogP) is 1.89. The molecule has 0 spiro atoms. The van der Waals surface area contributed by atoms with Gasteiger partial charge in [0.1, 0.15) is 0 Å². The van der Waals surface area contributed by atoms with Gasteiger partial charge in [0.05, 0.1) is 6.26 Å². The Morgan fingerprint density at radius 2 is 1.78 bits per heavy atom. The Morgan fingerprint density at radius 3 is 2.39 bits per heavy atom. The second-order valence-electron chi connectivity index (χ2n) is 6.09. The van der Waals surface area contributed by atoms with Gasteiger partial charge in [0.2, 0.25) is 15.9 Å². The Bertz CT molecular complexity index is 596. The van der Waals surface area contributed by atoms with Gasteiger partial charge < -0.3 is 4.90 Å². The lowest BCUT2D eigenvalue weighted by Gasteiger charge is -2.21. The van der Waals surface area contributed by atoms with Crippen LogP contribution in [0.3, 0.4) is 0 Å². The molecule has 1 saturated heterocycles. The standard InChI is InChI=1S/C17H26N2O3S/c1-23(21,22)19(14-7-10-16-8-3-2-4-9-16)15-11-17(20)18-12-5-6-13-18/h2-4,8-9H,5-7,10-15H2,1H3. The first-order valence-corrected chi connectivity index (χ1v) is 10.1. The first-order chi connectivity index (χ1) is 11.0. The zero-order chi connectivity index (χ0) is 16.7. The molecule has 0 atom stereocenters. The summed E-state index contributed by atoms with van der Waals surface area (Å²) < 4.78 is 25.3. The maximum atomic E-state index is 12.1. The maximum Gasteiger partial charge on any atom is 0.223 e. The third kappa shape index (κ3) is 5.95. The molecule has 23 heavy (non-hydrogen) atoms. The fraction of sp³-hybridized carbons (Fsp3) is 0.588. The molecule has 1 amide bonds. The Labute approximate surface area is 139 Å². The molecule has 1 fully saturated rings. The van der Waals surface area contributed by atoms with E-state index in [2.05, 4.69) is 0 Å². The number of hydrogen-bond donors (Lipinski definition) is 0. The molecular formula is C17H26N2O3S. The lowest BCUT2D eigenvalue weighted by molar-refractivity contribution is -0.130. The van der Waals surface area contributed by atoms with E-state index in [0.717, 1.165) is 38.8 Å². The van der Waals surface area contributed by atoms with Gasteiger partial charge in [0.25, 0.3) is 0 Å². The van der Waals surface area contributed by atoms with Crippen LogP contribution in [-0.2, 0) is 21.2 Å². The van der Waals surface area contributed by atoms with Crippen molar-refractivity contribution in [2.24, 2.45) is 0 Å². The number of sulfonamides is 1. The zero-order valence-corrected chi connectivity index (χ0v) is 14.6. The summed E-state index contributed by atoms with van der Waals surface area (Å²) in [4.78, 5) is 13.9. The smallest absolute Gasteiger partial charge is 0.223 e. The van der Waals surface area contributed by atoms with Gasteiger partial charge in [-0.15, -0.1) is 0 Å². The number of likely N-dealkylation sites (tertiary alicyclic amines) is 1. The van der Waals surface area contributed by atoms with Crippen LogP contribution >= 0.6 is 0 Å². The molecule has 1 aromatic carbocycles. The Balaban J connectivity index is 1.81. The van der Waals surface area contributed by atoms with Gasteiger partial charge in [0, 0.05) is 32.6 Å². The van der Waals surface area contributed by atoms with Crippen LogP contribution in [-0.4, -0.2) is 56.0 Å². The first-order valence-electron chi connectivity index (χ1n) is 8.23. The van der Waals surface area contributed by atoms with Crippen molar-refractivity contribution in [1.82, 2.24) is 9.21 Å². The quantitative estimate of drug-likeness (QED) is 0.727. The molecule has 2 rings (SSSR count). The summed E-state index contributed by atoms with van der Waals surface area (Å²) >= 11 is 0. The molecule has 0 aliphatic carbocycles. The van der Waals surface area contributed by atoms with Gasteiger partial charge in [-0.05, 0) is 31.2 Å². The van der Waals surface area contributed by atoms with Crippen molar-refractivity contribution in [3.63, 3.8) is 0 Å². The lowest BCUT2D eigenvalue weighted by Crippen LogP contribution is -2.36. The van der Waals surface area contributed by atoms with Crippen molar-refractivity contribution in [1.29, 1.82) is 0 Å². The molecule has 0 radical (unpaired) electrons. The van der Waals surface area contributed by atoms with Gasteiger partial charge in [-0.3, -0.25) is 4.79 Å². The van der Waals surface area contributed by atoms with Crippen LogP contribution in [0, 0.1) is 0 Å². The number of amides is 1. The predicted molar refractivity (Wildman–Crippen MR) is 91.6 cm³/mol. The van der Waals surface area contributed by atoms with E-state index in [-0.39, 0.29) is 18.9 Å². The number of aryl methyl sites for hydroxylation is 1. The monoisotopic (exact) mass is 338 g/mol. The number of rotatable bonds is 8. The van der Waals surface area contributed by atoms with Crippen molar-refractivity contribution in [3.05, 3.63) is 35.9 Å². The number of nitrogens with zero attached hydrogens (tertiary/aromatic N) is 2. The molecular weight excluding hydrogens is 312 g/mol. The lowest BCUT2D eigenvalue weighted by atomic mass is 10.1. The second kappa shape index (κ2) is 8.45. The summed E-state index contributed by atoms with van der Waals surface area (Å²) in [5.74, 6) is 0.0687. The fourth-order valence-electron chi connectivity index (χ4n) is 2.89. The topological polar surface area (TPSA) is 57.7 Å². The summed E-state index contributed by atoms with van der Waals surface area (Å²) in [6.45, 7) is 2.36. The summed E-state index contributed by atoms with van der Waals surface area (Å²) in [6.07, 6.45) is 5.20. The van der Waals surface area contributed by atoms with E-state index in [4.69, 9.17) is 0 Å². The van der Waals surface area contributed by atoms with E-state index in [0.29, 0.717) is 6.54 Å². The Kier molecular flexibility index (Phi) is 6.59. The minimum atomic E-state index is -3.28. The third-order valence-corrected chi connectivity index (χ3v) is 5.52. The van der Waals surface area contributed by atoms with E-state index in [9.17, 15) is 13.2 Å². The highest BCUT2D eigenvalue weighted by Gasteiger charge is 2.21. The van der Waals surface area contributed by atoms with Crippen molar-refractivity contribution in [2.75, 3.05) is 32.4 Å². The summed E-state index contributed by atoms with van der Waals surface area (Å²) in [6, 6.07) is 10.0. The summed E-state index contributed by atoms with van der Waals surface area (Å²) in [5, 5.41) is 0. The van der Waals surface area contributed by atoms with Crippen LogP contribution < -0.4 is 0 Å². The molecule has 0 saturated carbocycles. The van der Waals surface area contributed by atoms with E-state index >= 15 is 0 Å². The third-order valence-electron chi connectivity index (χ3n) is 4.22. The van der Waals surface area contributed by atoms with Gasteiger partial charge in [0.15, 0.2) is 0 Å². The minimum absolute atomic E-state index is 0.0687. The molecule has 1 heterocycles. The Hall–Kier alpha value is -1.40. The maximum absolute atomic E-state index is 12.1. The second-order valence-corrected chi connectivity index (χ2v) is 8.07. The minimum Gasteiger partial charge on any atom is -0.343 e. The van der Waals surface area contributed by atoms with Crippen molar-refractivity contribution in [3.8, 4) is 0 Å². The molecule has 128 valence electrons. The molecule has 0 N–H and O–H groups in total. The van der Waals surface area contributed by atoms with Gasteiger partial charge in [-0.25, -0.2) is 12.7 Å². The number of benzene rings is 1. The first kappa shape index (κ1) is 17.9. The van der Waals surface area contributed by atoms with E-state index in [1.807, 2.05) is 35.2 Å². The van der Waals surface area contributed by atoms with E-state index in [1.165, 1.54) is 16.1 Å². The van der Waals surface area contributed by atoms with Crippen LogP contribution in [0.4, 0.5) is 0 Å². The van der Waals surface area contributed by atoms with Gasteiger partial charge in [-0.1, -0.05) is 30.3 Å². The van der Waals surface area contributed by atoms with Crippen LogP contribution in [0.1, 0.15) is 31.2 Å². The molecule has 5 nitrogen and oxygen atoms in total. The summed E-state index contributed by atoms with van der Waals surface area (Å²) in [7, 11) is -3.28. The summed E-state index contributed by atoms with van der Waals surface area (Å²) in [5.41, 5.74) is 1.20. The largest absolute Gasteiger partial charge is 0.343 e. The number of carbonyl (C=O) groups excluding carboxylic acids is 1. The van der Waals surface area contributed by atoms with E-state index < -0.39 is 10.0 Å². The SMILES string of the molecule is CS(=O)(=O)N(CCCc1ccccc1)CCC(=O)N1CCCC1.